The molecule has 0 spiro atoms. The van der Waals surface area contributed by atoms with Crippen molar-refractivity contribution in [2.24, 2.45) is 0 Å². The van der Waals surface area contributed by atoms with Crippen molar-refractivity contribution in [3.05, 3.63) is 63.1 Å². The zero-order valence-electron chi connectivity index (χ0n) is 13.3. The van der Waals surface area contributed by atoms with Gasteiger partial charge in [-0.1, -0.05) is 12.1 Å². The Morgan fingerprint density at radius 2 is 1.80 bits per heavy atom. The Labute approximate surface area is 154 Å². The van der Waals surface area contributed by atoms with Crippen LogP contribution in [0.1, 0.15) is 16.7 Å². The maximum absolute atomic E-state index is 8.86. The summed E-state index contributed by atoms with van der Waals surface area (Å²) in [6.45, 7) is 0.303. The Balaban J connectivity index is 2.26. The lowest BCUT2D eigenvalue weighted by molar-refractivity contribution is 0.282. The number of benzene rings is 2. The highest BCUT2D eigenvalue weighted by Gasteiger charge is 2.12. The van der Waals surface area contributed by atoms with Gasteiger partial charge in [0.25, 0.3) is 0 Å². The SMILES string of the molecule is COc1cc(C=C(C#N)C#N)cc(Br)c1OCc1ccc(C#N)cc1. The van der Waals surface area contributed by atoms with Crippen LogP contribution in [0.15, 0.2) is 46.4 Å². The maximum atomic E-state index is 8.86. The van der Waals surface area contributed by atoms with E-state index in [1.54, 1.807) is 24.3 Å². The summed E-state index contributed by atoms with van der Waals surface area (Å²) in [5, 5.41) is 26.5. The first kappa shape index (κ1) is 18.1. The van der Waals surface area contributed by atoms with Crippen LogP contribution in [-0.4, -0.2) is 7.11 Å². The molecule has 0 aliphatic heterocycles. The Bertz CT molecular complexity index is 913. The molecule has 0 fully saturated rings. The fourth-order valence-corrected chi connectivity index (χ4v) is 2.62. The van der Waals surface area contributed by atoms with Gasteiger partial charge in [0.2, 0.25) is 0 Å². The van der Waals surface area contributed by atoms with Crippen molar-refractivity contribution < 1.29 is 9.47 Å². The van der Waals surface area contributed by atoms with E-state index in [0.29, 0.717) is 33.7 Å². The van der Waals surface area contributed by atoms with Crippen molar-refractivity contribution in [3.8, 4) is 29.7 Å². The fraction of sp³-hybridized carbons (Fsp3) is 0.105. The first-order valence-corrected chi connectivity index (χ1v) is 7.91. The third kappa shape index (κ3) is 4.61. The summed E-state index contributed by atoms with van der Waals surface area (Å²) < 4.78 is 11.8. The van der Waals surface area contributed by atoms with E-state index in [1.165, 1.54) is 13.2 Å². The number of hydrogen-bond acceptors (Lipinski definition) is 5. The summed E-state index contributed by atoms with van der Waals surface area (Å²) in [5.74, 6) is 0.990. The lowest BCUT2D eigenvalue weighted by Gasteiger charge is -2.13. The molecule has 0 aromatic heterocycles. The van der Waals surface area contributed by atoms with Gasteiger partial charge in [-0.05, 0) is 57.4 Å². The van der Waals surface area contributed by atoms with Gasteiger partial charge in [0.05, 0.1) is 23.2 Å². The number of hydrogen-bond donors (Lipinski definition) is 0. The van der Waals surface area contributed by atoms with Crippen LogP contribution in [0.2, 0.25) is 0 Å². The molecular formula is C19H12BrN3O2. The van der Waals surface area contributed by atoms with Crippen molar-refractivity contribution in [1.29, 1.82) is 15.8 Å². The molecule has 0 unspecified atom stereocenters. The molecule has 122 valence electrons. The van der Waals surface area contributed by atoms with Crippen molar-refractivity contribution in [2.45, 2.75) is 6.61 Å². The van der Waals surface area contributed by atoms with Crippen LogP contribution in [0.25, 0.3) is 6.08 Å². The summed E-state index contributed by atoms with van der Waals surface area (Å²) >= 11 is 3.43. The number of allylic oxidation sites excluding steroid dienone is 1. The number of rotatable bonds is 5. The second-order valence-corrected chi connectivity index (χ2v) is 5.77. The lowest BCUT2D eigenvalue weighted by Crippen LogP contribution is -1.99. The van der Waals surface area contributed by atoms with Crippen LogP contribution in [0.5, 0.6) is 11.5 Å². The van der Waals surface area contributed by atoms with Gasteiger partial charge >= 0.3 is 0 Å². The van der Waals surface area contributed by atoms with Gasteiger partial charge in [-0.2, -0.15) is 15.8 Å². The molecule has 2 aromatic carbocycles. The van der Waals surface area contributed by atoms with Crippen molar-refractivity contribution >= 4 is 22.0 Å². The highest BCUT2D eigenvalue weighted by atomic mass is 79.9. The van der Waals surface area contributed by atoms with Crippen LogP contribution < -0.4 is 9.47 Å². The Kier molecular flexibility index (Phi) is 6.18. The minimum atomic E-state index is 0.000189. The van der Waals surface area contributed by atoms with Gasteiger partial charge in [0.1, 0.15) is 24.3 Å². The molecule has 2 aromatic rings. The van der Waals surface area contributed by atoms with Crippen molar-refractivity contribution in [1.82, 2.24) is 0 Å². The molecule has 6 heteroatoms. The molecule has 0 saturated heterocycles. The minimum Gasteiger partial charge on any atom is -0.493 e. The van der Waals surface area contributed by atoms with Crippen LogP contribution in [0, 0.1) is 34.0 Å². The molecule has 0 aliphatic carbocycles. The molecule has 0 bridgehead atoms. The molecule has 5 nitrogen and oxygen atoms in total. The molecular weight excluding hydrogens is 382 g/mol. The maximum Gasteiger partial charge on any atom is 0.175 e. The second kappa shape index (κ2) is 8.55. The third-order valence-electron chi connectivity index (χ3n) is 3.27. The Morgan fingerprint density at radius 1 is 1.12 bits per heavy atom. The Morgan fingerprint density at radius 3 is 2.36 bits per heavy atom. The summed E-state index contributed by atoms with van der Waals surface area (Å²) in [6, 6.07) is 16.2. The van der Waals surface area contributed by atoms with Gasteiger partial charge in [-0.15, -0.1) is 0 Å². The topological polar surface area (TPSA) is 89.8 Å². The summed E-state index contributed by atoms with van der Waals surface area (Å²) in [6.07, 6.45) is 1.47. The number of nitriles is 3. The average molecular weight is 394 g/mol. The molecule has 0 N–H and O–H groups in total. The summed E-state index contributed by atoms with van der Waals surface area (Å²) in [5.41, 5.74) is 2.14. The fourth-order valence-electron chi connectivity index (χ4n) is 2.05. The third-order valence-corrected chi connectivity index (χ3v) is 3.86. The van der Waals surface area contributed by atoms with E-state index in [2.05, 4.69) is 22.0 Å². The zero-order chi connectivity index (χ0) is 18.2. The number of methoxy groups -OCH3 is 1. The van der Waals surface area contributed by atoms with Gasteiger partial charge < -0.3 is 9.47 Å². The molecule has 0 heterocycles. The standard InChI is InChI=1S/C19H12BrN3O2/c1-24-18-8-15(6-16(10-22)11-23)7-17(20)19(18)25-12-14-4-2-13(9-21)3-5-14/h2-8H,12H2,1H3. The van der Waals surface area contributed by atoms with E-state index in [0.717, 1.165) is 5.56 Å². The predicted molar refractivity (Wildman–Crippen MR) is 95.4 cm³/mol. The van der Waals surface area contributed by atoms with E-state index < -0.39 is 0 Å². The van der Waals surface area contributed by atoms with E-state index >= 15 is 0 Å². The van der Waals surface area contributed by atoms with Crippen molar-refractivity contribution in [2.75, 3.05) is 7.11 Å². The first-order valence-electron chi connectivity index (χ1n) is 7.12. The first-order chi connectivity index (χ1) is 12.1. The van der Waals surface area contributed by atoms with Crippen LogP contribution >= 0.6 is 15.9 Å². The molecule has 0 amide bonds. The van der Waals surface area contributed by atoms with E-state index in [1.807, 2.05) is 24.3 Å². The molecule has 0 atom stereocenters. The average Bonchev–Trinajstić information content (AvgIpc) is 2.65. The van der Waals surface area contributed by atoms with E-state index in [4.69, 9.17) is 25.3 Å². The summed E-state index contributed by atoms with van der Waals surface area (Å²) in [4.78, 5) is 0. The second-order valence-electron chi connectivity index (χ2n) is 4.91. The molecule has 0 radical (unpaired) electrons. The monoisotopic (exact) mass is 393 g/mol. The van der Waals surface area contributed by atoms with Crippen LogP contribution in [-0.2, 0) is 6.61 Å². The number of ether oxygens (including phenoxy) is 2. The lowest BCUT2D eigenvalue weighted by atomic mass is 10.1. The molecule has 0 saturated carbocycles. The van der Waals surface area contributed by atoms with Crippen LogP contribution in [0.4, 0.5) is 0 Å². The van der Waals surface area contributed by atoms with E-state index in [9.17, 15) is 0 Å². The molecule has 2 rings (SSSR count). The molecule has 0 aliphatic rings. The predicted octanol–water partition coefficient (Wildman–Crippen LogP) is 4.34. The zero-order valence-corrected chi connectivity index (χ0v) is 14.9. The van der Waals surface area contributed by atoms with Gasteiger partial charge in [0, 0.05) is 0 Å². The normalized spacial score (nSPS) is 9.24. The smallest absolute Gasteiger partial charge is 0.175 e. The summed E-state index contributed by atoms with van der Waals surface area (Å²) in [7, 11) is 1.51. The minimum absolute atomic E-state index is 0.000189. The molecule has 25 heavy (non-hydrogen) atoms. The van der Waals surface area contributed by atoms with E-state index in [-0.39, 0.29) is 5.57 Å². The number of halogens is 1. The van der Waals surface area contributed by atoms with Crippen molar-refractivity contribution in [3.63, 3.8) is 0 Å². The quantitative estimate of drug-likeness (QED) is 0.704. The Hall–Kier alpha value is -3.27. The van der Waals surface area contributed by atoms with Gasteiger partial charge in [-0.3, -0.25) is 0 Å². The number of nitrogens with zero attached hydrogens (tertiary/aromatic N) is 3. The highest BCUT2D eigenvalue weighted by molar-refractivity contribution is 9.10. The van der Waals surface area contributed by atoms with Gasteiger partial charge in [0.15, 0.2) is 11.5 Å². The van der Waals surface area contributed by atoms with Gasteiger partial charge in [-0.25, -0.2) is 0 Å². The highest BCUT2D eigenvalue weighted by Crippen LogP contribution is 2.37. The largest absolute Gasteiger partial charge is 0.493 e. The van der Waals surface area contributed by atoms with Crippen LogP contribution in [0.3, 0.4) is 0 Å².